The Bertz CT molecular complexity index is 495. The zero-order valence-corrected chi connectivity index (χ0v) is 11.7. The molecular weight excluding hydrogens is 260 g/mol. The van der Waals surface area contributed by atoms with Crippen LogP contribution in [0.1, 0.15) is 20.3 Å². The summed E-state index contributed by atoms with van der Waals surface area (Å²) in [5, 5.41) is 11.0. The molecule has 3 N–H and O–H groups in total. The summed E-state index contributed by atoms with van der Waals surface area (Å²) in [6.07, 6.45) is 1.02. The number of anilines is 2. The zero-order valence-electron chi connectivity index (χ0n) is 11.7. The molecule has 1 fully saturated rings. The number of benzene rings is 1. The summed E-state index contributed by atoms with van der Waals surface area (Å²) in [5.74, 6) is 5.40. The molecule has 2 atom stereocenters. The first-order valence-electron chi connectivity index (χ1n) is 6.69. The largest absolute Gasteiger partial charge is 0.375 e. The molecular formula is C13H20N4O3. The van der Waals surface area contributed by atoms with E-state index in [0.717, 1.165) is 12.1 Å². The maximum Gasteiger partial charge on any atom is 0.273 e. The number of hydrazine groups is 1. The van der Waals surface area contributed by atoms with Crippen molar-refractivity contribution >= 4 is 17.1 Å². The summed E-state index contributed by atoms with van der Waals surface area (Å²) in [6, 6.07) is 5.06. The second kappa shape index (κ2) is 6.06. The zero-order chi connectivity index (χ0) is 14.7. The van der Waals surface area contributed by atoms with Crippen molar-refractivity contribution in [3.63, 3.8) is 0 Å². The van der Waals surface area contributed by atoms with Crippen LogP contribution in [0, 0.1) is 10.1 Å². The lowest BCUT2D eigenvalue weighted by atomic mass is 10.1. The van der Waals surface area contributed by atoms with Crippen LogP contribution in [0.2, 0.25) is 0 Å². The molecule has 1 saturated heterocycles. The van der Waals surface area contributed by atoms with Gasteiger partial charge in [-0.1, -0.05) is 6.92 Å². The number of hydrogen-bond acceptors (Lipinski definition) is 6. The minimum Gasteiger partial charge on any atom is -0.375 e. The van der Waals surface area contributed by atoms with Gasteiger partial charge in [0.15, 0.2) is 0 Å². The van der Waals surface area contributed by atoms with E-state index in [-0.39, 0.29) is 17.8 Å². The molecule has 20 heavy (non-hydrogen) atoms. The van der Waals surface area contributed by atoms with Gasteiger partial charge in [-0.3, -0.25) is 16.0 Å². The number of nitrogens with one attached hydrogen (secondary N) is 1. The Kier molecular flexibility index (Phi) is 4.41. The quantitative estimate of drug-likeness (QED) is 0.497. The Hall–Kier alpha value is -1.86. The molecule has 0 radical (unpaired) electrons. The van der Waals surface area contributed by atoms with Gasteiger partial charge in [-0.2, -0.15) is 0 Å². The Balaban J connectivity index is 2.38. The standard InChI is InChI=1S/C13H20N4O3/c1-3-11-8-20-9(2)7-16(11)12-4-10(15-14)5-13(6-12)17(18)19/h4-6,9,11,15H,3,7-8,14H2,1-2H3. The van der Waals surface area contributed by atoms with Crippen molar-refractivity contribution in [2.45, 2.75) is 32.4 Å². The average molecular weight is 280 g/mol. The Morgan fingerprint density at radius 2 is 2.30 bits per heavy atom. The number of nitro groups is 1. The van der Waals surface area contributed by atoms with Gasteiger partial charge in [-0.25, -0.2) is 0 Å². The fraction of sp³-hybridized carbons (Fsp3) is 0.538. The summed E-state index contributed by atoms with van der Waals surface area (Å²) in [5.41, 5.74) is 3.85. The summed E-state index contributed by atoms with van der Waals surface area (Å²) in [6.45, 7) is 5.42. The van der Waals surface area contributed by atoms with Gasteiger partial charge in [-0.05, 0) is 19.4 Å². The van der Waals surface area contributed by atoms with Crippen LogP contribution in [0.15, 0.2) is 18.2 Å². The molecule has 0 saturated carbocycles. The highest BCUT2D eigenvalue weighted by atomic mass is 16.6. The Morgan fingerprint density at radius 3 is 2.90 bits per heavy atom. The van der Waals surface area contributed by atoms with E-state index in [0.29, 0.717) is 18.8 Å². The van der Waals surface area contributed by atoms with Crippen molar-refractivity contribution in [2.24, 2.45) is 5.84 Å². The number of morpholine rings is 1. The third-order valence-electron chi connectivity index (χ3n) is 3.55. The van der Waals surface area contributed by atoms with Gasteiger partial charge >= 0.3 is 0 Å². The van der Waals surface area contributed by atoms with Crippen molar-refractivity contribution in [2.75, 3.05) is 23.5 Å². The molecule has 0 amide bonds. The molecule has 1 aromatic rings. The van der Waals surface area contributed by atoms with Crippen LogP contribution in [0.5, 0.6) is 0 Å². The molecule has 0 aliphatic carbocycles. The van der Waals surface area contributed by atoms with E-state index in [1.807, 2.05) is 13.0 Å². The lowest BCUT2D eigenvalue weighted by Gasteiger charge is -2.40. The average Bonchev–Trinajstić information content (AvgIpc) is 2.46. The summed E-state index contributed by atoms with van der Waals surface area (Å²) in [7, 11) is 0. The minimum atomic E-state index is -0.408. The van der Waals surface area contributed by atoms with Gasteiger partial charge in [0.1, 0.15) is 0 Å². The second-order valence-corrected chi connectivity index (χ2v) is 5.00. The normalized spacial score (nSPS) is 22.6. The Labute approximate surface area is 117 Å². The highest BCUT2D eigenvalue weighted by molar-refractivity contribution is 5.64. The van der Waals surface area contributed by atoms with E-state index in [1.54, 1.807) is 6.07 Å². The first-order valence-corrected chi connectivity index (χ1v) is 6.69. The van der Waals surface area contributed by atoms with Crippen LogP contribution in [-0.2, 0) is 4.74 Å². The van der Waals surface area contributed by atoms with Gasteiger partial charge in [0, 0.05) is 24.4 Å². The molecule has 2 rings (SSSR count). The fourth-order valence-electron chi connectivity index (χ4n) is 2.45. The van der Waals surface area contributed by atoms with Crippen LogP contribution in [0.3, 0.4) is 0 Å². The number of nitro benzene ring substituents is 1. The number of rotatable bonds is 4. The van der Waals surface area contributed by atoms with Crippen LogP contribution in [0.25, 0.3) is 0 Å². The second-order valence-electron chi connectivity index (χ2n) is 5.00. The predicted octanol–water partition coefficient (Wildman–Crippen LogP) is 1.88. The molecule has 0 bridgehead atoms. The van der Waals surface area contributed by atoms with Gasteiger partial charge < -0.3 is 15.1 Å². The van der Waals surface area contributed by atoms with Crippen LogP contribution in [-0.4, -0.2) is 30.2 Å². The predicted molar refractivity (Wildman–Crippen MR) is 77.7 cm³/mol. The van der Waals surface area contributed by atoms with E-state index in [2.05, 4.69) is 17.2 Å². The van der Waals surface area contributed by atoms with Crippen molar-refractivity contribution in [1.82, 2.24) is 0 Å². The summed E-state index contributed by atoms with van der Waals surface area (Å²) >= 11 is 0. The number of nitrogen functional groups attached to an aromatic ring is 1. The van der Waals surface area contributed by atoms with Crippen LogP contribution >= 0.6 is 0 Å². The molecule has 110 valence electrons. The molecule has 1 heterocycles. The molecule has 7 heteroatoms. The molecule has 7 nitrogen and oxygen atoms in total. The highest BCUT2D eigenvalue weighted by Crippen LogP contribution is 2.30. The maximum absolute atomic E-state index is 11.0. The van der Waals surface area contributed by atoms with Crippen molar-refractivity contribution in [3.8, 4) is 0 Å². The summed E-state index contributed by atoms with van der Waals surface area (Å²) in [4.78, 5) is 12.8. The summed E-state index contributed by atoms with van der Waals surface area (Å²) < 4.78 is 5.65. The molecule has 0 spiro atoms. The van der Waals surface area contributed by atoms with E-state index in [4.69, 9.17) is 10.6 Å². The van der Waals surface area contributed by atoms with E-state index in [9.17, 15) is 10.1 Å². The van der Waals surface area contributed by atoms with E-state index >= 15 is 0 Å². The van der Waals surface area contributed by atoms with Crippen LogP contribution < -0.4 is 16.2 Å². The molecule has 0 aromatic heterocycles. The third-order valence-corrected chi connectivity index (χ3v) is 3.55. The smallest absolute Gasteiger partial charge is 0.273 e. The first kappa shape index (κ1) is 14.5. The number of nitrogens with zero attached hydrogens (tertiary/aromatic N) is 2. The molecule has 1 aliphatic heterocycles. The van der Waals surface area contributed by atoms with Crippen molar-refractivity contribution in [3.05, 3.63) is 28.3 Å². The Morgan fingerprint density at radius 1 is 1.55 bits per heavy atom. The lowest BCUT2D eigenvalue weighted by Crippen LogP contribution is -2.48. The van der Waals surface area contributed by atoms with Crippen molar-refractivity contribution < 1.29 is 9.66 Å². The van der Waals surface area contributed by atoms with Gasteiger partial charge in [0.25, 0.3) is 5.69 Å². The number of hydrogen-bond donors (Lipinski definition) is 2. The number of ether oxygens (including phenoxy) is 1. The van der Waals surface area contributed by atoms with E-state index < -0.39 is 4.92 Å². The van der Waals surface area contributed by atoms with Crippen LogP contribution in [0.4, 0.5) is 17.1 Å². The van der Waals surface area contributed by atoms with Gasteiger partial charge in [0.2, 0.25) is 0 Å². The van der Waals surface area contributed by atoms with E-state index in [1.165, 1.54) is 6.07 Å². The minimum absolute atomic E-state index is 0.0319. The topological polar surface area (TPSA) is 93.7 Å². The van der Waals surface area contributed by atoms with Crippen molar-refractivity contribution in [1.29, 1.82) is 0 Å². The van der Waals surface area contributed by atoms with Gasteiger partial charge in [-0.15, -0.1) is 0 Å². The monoisotopic (exact) mass is 280 g/mol. The molecule has 1 aromatic carbocycles. The molecule has 2 unspecified atom stereocenters. The lowest BCUT2D eigenvalue weighted by molar-refractivity contribution is -0.384. The fourth-order valence-corrected chi connectivity index (χ4v) is 2.45. The molecule has 1 aliphatic rings. The maximum atomic E-state index is 11.0. The highest BCUT2D eigenvalue weighted by Gasteiger charge is 2.27. The van der Waals surface area contributed by atoms with Gasteiger partial charge in [0.05, 0.1) is 29.4 Å². The first-order chi connectivity index (χ1) is 9.55. The number of nitrogens with two attached hydrogens (primary N) is 1. The third kappa shape index (κ3) is 3.00. The number of non-ortho nitro benzene ring substituents is 1. The SMILES string of the molecule is CCC1COC(C)CN1c1cc(NN)cc([N+](=O)[O-])c1.